The summed E-state index contributed by atoms with van der Waals surface area (Å²) in [5, 5.41) is 2.77. The number of nitrogen functional groups attached to an aromatic ring is 1. The van der Waals surface area contributed by atoms with Crippen LogP contribution in [-0.2, 0) is 16.4 Å². The van der Waals surface area contributed by atoms with Crippen molar-refractivity contribution in [2.45, 2.75) is 12.8 Å². The van der Waals surface area contributed by atoms with Gasteiger partial charge in [0.05, 0.1) is 23.3 Å². The van der Waals surface area contributed by atoms with Crippen LogP contribution in [0.15, 0.2) is 30.3 Å². The van der Waals surface area contributed by atoms with Gasteiger partial charge < -0.3 is 20.5 Å². The lowest BCUT2D eigenvalue weighted by molar-refractivity contribution is 0.102. The fourth-order valence-electron chi connectivity index (χ4n) is 3.31. The molecule has 0 unspecified atom stereocenters. The van der Waals surface area contributed by atoms with Crippen LogP contribution in [0.3, 0.4) is 0 Å². The Morgan fingerprint density at radius 2 is 1.93 bits per heavy atom. The highest BCUT2D eigenvalue weighted by Crippen LogP contribution is 2.38. The van der Waals surface area contributed by atoms with E-state index in [-0.39, 0.29) is 12.7 Å². The molecule has 0 saturated heterocycles. The van der Waals surface area contributed by atoms with Crippen LogP contribution < -0.4 is 24.8 Å². The van der Waals surface area contributed by atoms with Crippen molar-refractivity contribution in [3.63, 3.8) is 0 Å². The molecule has 0 atom stereocenters. The molecule has 8 nitrogen and oxygen atoms in total. The Kier molecular flexibility index (Phi) is 4.11. The molecule has 2 aromatic carbocycles. The van der Waals surface area contributed by atoms with Gasteiger partial charge in [-0.25, -0.2) is 8.42 Å². The molecule has 142 valence electrons. The van der Waals surface area contributed by atoms with Crippen molar-refractivity contribution in [3.05, 3.63) is 41.5 Å². The zero-order chi connectivity index (χ0) is 19.2. The number of benzene rings is 2. The first-order valence-corrected chi connectivity index (χ1v) is 10.3. The summed E-state index contributed by atoms with van der Waals surface area (Å²) in [6, 6.07) is 8.24. The van der Waals surface area contributed by atoms with Crippen molar-refractivity contribution in [1.29, 1.82) is 0 Å². The number of rotatable bonds is 3. The maximum atomic E-state index is 12.7. The predicted octanol–water partition coefficient (Wildman–Crippen LogP) is 1.96. The zero-order valence-corrected chi connectivity index (χ0v) is 15.5. The molecule has 0 saturated carbocycles. The Morgan fingerprint density at radius 1 is 1.19 bits per heavy atom. The fraction of sp³-hybridized carbons (Fsp3) is 0.278. The largest absolute Gasteiger partial charge is 0.454 e. The molecular weight excluding hydrogens is 370 g/mol. The minimum atomic E-state index is -3.34. The smallest absolute Gasteiger partial charge is 0.255 e. The number of anilines is 3. The third-order valence-electron chi connectivity index (χ3n) is 4.61. The Balaban J connectivity index is 1.60. The van der Waals surface area contributed by atoms with Crippen molar-refractivity contribution in [2.24, 2.45) is 0 Å². The van der Waals surface area contributed by atoms with Crippen molar-refractivity contribution >= 4 is 33.0 Å². The number of nitrogens with zero attached hydrogens (tertiary/aromatic N) is 1. The van der Waals surface area contributed by atoms with E-state index in [4.69, 9.17) is 15.2 Å². The van der Waals surface area contributed by atoms with Gasteiger partial charge >= 0.3 is 0 Å². The van der Waals surface area contributed by atoms with Crippen LogP contribution in [0.25, 0.3) is 0 Å². The van der Waals surface area contributed by atoms with E-state index >= 15 is 0 Å². The maximum absolute atomic E-state index is 12.7. The summed E-state index contributed by atoms with van der Waals surface area (Å²) in [6.45, 7) is 0.568. The minimum absolute atomic E-state index is 0.119. The molecular formula is C18H19N3O5S. The van der Waals surface area contributed by atoms with Gasteiger partial charge in [0.2, 0.25) is 16.8 Å². The third-order valence-corrected chi connectivity index (χ3v) is 5.79. The Hall–Kier alpha value is -2.94. The number of nitrogens with two attached hydrogens (primary N) is 1. The van der Waals surface area contributed by atoms with Gasteiger partial charge in [0.25, 0.3) is 5.91 Å². The predicted molar refractivity (Wildman–Crippen MR) is 102 cm³/mol. The second-order valence-corrected chi connectivity index (χ2v) is 8.44. The molecule has 2 aromatic rings. The summed E-state index contributed by atoms with van der Waals surface area (Å²) in [5.41, 5.74) is 8.66. The maximum Gasteiger partial charge on any atom is 0.255 e. The highest BCUT2D eigenvalue weighted by Gasteiger charge is 2.25. The van der Waals surface area contributed by atoms with Crippen LogP contribution in [0.2, 0.25) is 0 Å². The summed E-state index contributed by atoms with van der Waals surface area (Å²) < 4.78 is 35.8. The van der Waals surface area contributed by atoms with Gasteiger partial charge in [0, 0.05) is 24.2 Å². The second-order valence-electron chi connectivity index (χ2n) is 6.53. The average Bonchev–Trinajstić information content (AvgIpc) is 3.07. The number of hydrogen-bond donors (Lipinski definition) is 2. The van der Waals surface area contributed by atoms with E-state index in [1.165, 1.54) is 10.6 Å². The van der Waals surface area contributed by atoms with Gasteiger partial charge in [0.15, 0.2) is 11.5 Å². The molecule has 3 N–H and O–H groups in total. The lowest BCUT2D eigenvalue weighted by atomic mass is 10.0. The van der Waals surface area contributed by atoms with E-state index in [1.54, 1.807) is 30.3 Å². The second kappa shape index (κ2) is 6.34. The van der Waals surface area contributed by atoms with Gasteiger partial charge in [-0.3, -0.25) is 9.10 Å². The van der Waals surface area contributed by atoms with Crippen LogP contribution in [-0.4, -0.2) is 33.9 Å². The Labute approximate surface area is 156 Å². The summed E-state index contributed by atoms with van der Waals surface area (Å²) in [7, 11) is -3.34. The summed E-state index contributed by atoms with van der Waals surface area (Å²) in [5.74, 6) is 0.730. The van der Waals surface area contributed by atoms with E-state index < -0.39 is 10.0 Å². The van der Waals surface area contributed by atoms with Crippen LogP contribution in [0.4, 0.5) is 17.1 Å². The number of carbonyl (C=O) groups is 1. The molecule has 0 fully saturated rings. The number of fused-ring (bicyclic) bond motifs is 2. The van der Waals surface area contributed by atoms with E-state index in [1.807, 2.05) is 0 Å². The van der Waals surface area contributed by atoms with Crippen LogP contribution >= 0.6 is 0 Å². The quantitative estimate of drug-likeness (QED) is 0.777. The topological polar surface area (TPSA) is 111 Å². The highest BCUT2D eigenvalue weighted by molar-refractivity contribution is 7.92. The molecule has 9 heteroatoms. The van der Waals surface area contributed by atoms with Gasteiger partial charge in [-0.15, -0.1) is 0 Å². The molecule has 0 aromatic heterocycles. The fourth-order valence-corrected chi connectivity index (χ4v) is 4.30. The number of nitrogens with one attached hydrogen (secondary N) is 1. The van der Waals surface area contributed by atoms with Gasteiger partial charge in [-0.2, -0.15) is 0 Å². The van der Waals surface area contributed by atoms with E-state index in [2.05, 4.69) is 5.32 Å². The molecule has 0 radical (unpaired) electrons. The molecule has 1 amide bonds. The van der Waals surface area contributed by atoms with E-state index in [0.29, 0.717) is 53.5 Å². The van der Waals surface area contributed by atoms with Crippen LogP contribution in [0, 0.1) is 0 Å². The Morgan fingerprint density at radius 3 is 2.67 bits per heavy atom. The number of carbonyl (C=O) groups excluding carboxylic acids is 1. The first kappa shape index (κ1) is 17.5. The minimum Gasteiger partial charge on any atom is -0.454 e. The molecule has 0 spiro atoms. The molecule has 2 aliphatic heterocycles. The average molecular weight is 389 g/mol. The van der Waals surface area contributed by atoms with E-state index in [9.17, 15) is 13.2 Å². The van der Waals surface area contributed by atoms with Crippen molar-refractivity contribution in [2.75, 3.05) is 34.9 Å². The summed E-state index contributed by atoms with van der Waals surface area (Å²) in [4.78, 5) is 12.7. The number of ether oxygens (including phenoxy) is 2. The number of amides is 1. The zero-order valence-electron chi connectivity index (χ0n) is 14.7. The molecule has 2 aliphatic rings. The van der Waals surface area contributed by atoms with Crippen molar-refractivity contribution in [3.8, 4) is 11.5 Å². The first-order valence-electron chi connectivity index (χ1n) is 8.44. The first-order chi connectivity index (χ1) is 12.8. The van der Waals surface area contributed by atoms with Crippen molar-refractivity contribution < 1.29 is 22.7 Å². The molecule has 0 aliphatic carbocycles. The number of sulfonamides is 1. The number of aryl methyl sites for hydroxylation is 1. The normalized spacial score (nSPS) is 15.4. The molecule has 2 heterocycles. The molecule has 4 rings (SSSR count). The summed E-state index contributed by atoms with van der Waals surface area (Å²) in [6.07, 6.45) is 2.61. The third kappa shape index (κ3) is 3.25. The number of hydrogen-bond acceptors (Lipinski definition) is 6. The SMILES string of the molecule is CS(=O)(=O)N1CCCc2cc(C(=O)Nc3cc4c(cc3N)OCO4)ccc21. The lowest BCUT2D eigenvalue weighted by Crippen LogP contribution is -2.34. The molecule has 27 heavy (non-hydrogen) atoms. The standard InChI is InChI=1S/C18H19N3O5S/c1-27(23,24)21-6-2-3-11-7-12(4-5-15(11)21)18(22)20-14-9-17-16(8-13(14)19)25-10-26-17/h4-5,7-9H,2-3,6,10,19H2,1H3,(H,20,22). The van der Waals surface area contributed by atoms with Crippen LogP contribution in [0.1, 0.15) is 22.3 Å². The highest BCUT2D eigenvalue weighted by atomic mass is 32.2. The lowest BCUT2D eigenvalue weighted by Gasteiger charge is -2.29. The van der Waals surface area contributed by atoms with Gasteiger partial charge in [0.1, 0.15) is 0 Å². The Bertz CT molecular complexity index is 1040. The van der Waals surface area contributed by atoms with Crippen LogP contribution in [0.5, 0.6) is 11.5 Å². The summed E-state index contributed by atoms with van der Waals surface area (Å²) >= 11 is 0. The van der Waals surface area contributed by atoms with Gasteiger partial charge in [-0.1, -0.05) is 0 Å². The molecule has 0 bridgehead atoms. The van der Waals surface area contributed by atoms with Crippen molar-refractivity contribution in [1.82, 2.24) is 0 Å². The van der Waals surface area contributed by atoms with Gasteiger partial charge in [-0.05, 0) is 36.6 Å². The van der Waals surface area contributed by atoms with E-state index in [0.717, 1.165) is 5.56 Å². The monoisotopic (exact) mass is 389 g/mol.